The van der Waals surface area contributed by atoms with E-state index in [1.165, 1.54) is 7.05 Å². The highest BCUT2D eigenvalue weighted by Gasteiger charge is 2.22. The van der Waals surface area contributed by atoms with Gasteiger partial charge in [0.05, 0.1) is 13.7 Å². The van der Waals surface area contributed by atoms with Crippen LogP contribution in [0.4, 0.5) is 5.82 Å². The number of aromatic nitrogens is 2. The number of hydrogen-bond acceptors (Lipinski definition) is 6. The first kappa shape index (κ1) is 12.6. The minimum absolute atomic E-state index is 0.106. The summed E-state index contributed by atoms with van der Waals surface area (Å²) >= 11 is 0. The molecule has 9 heteroatoms. The highest BCUT2D eigenvalue weighted by molar-refractivity contribution is 5.91. The van der Waals surface area contributed by atoms with Crippen molar-refractivity contribution in [3.05, 3.63) is 22.1 Å². The van der Waals surface area contributed by atoms with Crippen molar-refractivity contribution in [3.8, 4) is 0 Å². The summed E-state index contributed by atoms with van der Waals surface area (Å²) < 4.78 is 5.81. The van der Waals surface area contributed by atoms with E-state index in [4.69, 9.17) is 4.74 Å². The first-order valence-corrected chi connectivity index (χ1v) is 4.67. The summed E-state index contributed by atoms with van der Waals surface area (Å²) in [6, 6.07) is 0. The number of carbonyl (C=O) groups excluding carboxylic acids is 1. The van der Waals surface area contributed by atoms with Crippen molar-refractivity contribution in [2.75, 3.05) is 6.61 Å². The molecule has 17 heavy (non-hydrogen) atoms. The summed E-state index contributed by atoms with van der Waals surface area (Å²) in [7, 11) is 1.37. The summed E-state index contributed by atoms with van der Waals surface area (Å²) in [5.74, 6) is -1.04. The lowest BCUT2D eigenvalue weighted by molar-refractivity contribution is -0.391. The molecule has 1 rings (SSSR count). The zero-order valence-electron chi connectivity index (χ0n) is 9.28. The standard InChI is InChI=1S/C8H11N5O4/c1-3-17-5-10-11-8(14)7-9-4-6(12(7)2)13(15)16/h4-5H,3H2,1-2H3,(H,11,14)/b10-5+. The minimum Gasteiger partial charge on any atom is -0.482 e. The van der Waals surface area contributed by atoms with E-state index in [0.717, 1.165) is 17.2 Å². The number of carbonyl (C=O) groups is 1. The molecule has 0 spiro atoms. The van der Waals surface area contributed by atoms with Crippen molar-refractivity contribution in [1.29, 1.82) is 0 Å². The van der Waals surface area contributed by atoms with Gasteiger partial charge in [-0.3, -0.25) is 4.79 Å². The molecule has 0 aliphatic heterocycles. The average Bonchev–Trinajstić information content (AvgIpc) is 2.66. The van der Waals surface area contributed by atoms with Gasteiger partial charge in [0, 0.05) is 0 Å². The third-order valence-electron chi connectivity index (χ3n) is 1.81. The van der Waals surface area contributed by atoms with E-state index in [9.17, 15) is 14.9 Å². The quantitative estimate of drug-likeness (QED) is 0.338. The topological polar surface area (TPSA) is 112 Å². The maximum Gasteiger partial charge on any atom is 0.343 e. The van der Waals surface area contributed by atoms with Crippen LogP contribution in [0.3, 0.4) is 0 Å². The van der Waals surface area contributed by atoms with E-state index in [-0.39, 0.29) is 11.6 Å². The average molecular weight is 241 g/mol. The van der Waals surface area contributed by atoms with Crippen LogP contribution >= 0.6 is 0 Å². The molecule has 0 saturated heterocycles. The molecule has 0 fully saturated rings. The van der Waals surface area contributed by atoms with Crippen molar-refractivity contribution in [1.82, 2.24) is 15.0 Å². The third-order valence-corrected chi connectivity index (χ3v) is 1.81. The molecule has 0 bridgehead atoms. The lowest BCUT2D eigenvalue weighted by Gasteiger charge is -1.97. The van der Waals surface area contributed by atoms with E-state index in [2.05, 4.69) is 15.5 Å². The molecule has 1 amide bonds. The fraction of sp³-hybridized carbons (Fsp3) is 0.375. The Bertz CT molecular complexity index is 453. The van der Waals surface area contributed by atoms with Gasteiger partial charge in [0.25, 0.3) is 5.82 Å². The Morgan fingerprint density at radius 1 is 1.82 bits per heavy atom. The van der Waals surface area contributed by atoms with Crippen LogP contribution in [0.15, 0.2) is 11.3 Å². The normalized spacial score (nSPS) is 10.5. The van der Waals surface area contributed by atoms with Crippen molar-refractivity contribution in [3.63, 3.8) is 0 Å². The number of ether oxygens (including phenoxy) is 1. The van der Waals surface area contributed by atoms with Crippen LogP contribution < -0.4 is 5.43 Å². The number of nitrogens with zero attached hydrogens (tertiary/aromatic N) is 4. The largest absolute Gasteiger partial charge is 0.482 e. The van der Waals surface area contributed by atoms with Gasteiger partial charge in [-0.15, -0.1) is 5.10 Å². The maximum atomic E-state index is 11.5. The first-order valence-electron chi connectivity index (χ1n) is 4.67. The molecule has 1 heterocycles. The number of amides is 1. The molecule has 0 atom stereocenters. The van der Waals surface area contributed by atoms with Crippen LogP contribution in [-0.4, -0.2) is 33.4 Å². The molecule has 92 valence electrons. The monoisotopic (exact) mass is 241 g/mol. The predicted molar refractivity (Wildman–Crippen MR) is 57.4 cm³/mol. The molecule has 0 unspecified atom stereocenters. The van der Waals surface area contributed by atoms with Gasteiger partial charge >= 0.3 is 11.7 Å². The number of rotatable bonds is 5. The lowest BCUT2D eigenvalue weighted by Crippen LogP contribution is -2.22. The molecule has 0 aliphatic carbocycles. The van der Waals surface area contributed by atoms with E-state index in [1.807, 2.05) is 0 Å². The summed E-state index contributed by atoms with van der Waals surface area (Å²) in [4.78, 5) is 25.0. The first-order chi connectivity index (χ1) is 8.07. The van der Waals surface area contributed by atoms with Crippen LogP contribution in [-0.2, 0) is 11.8 Å². The maximum absolute atomic E-state index is 11.5. The Morgan fingerprint density at radius 2 is 2.53 bits per heavy atom. The molecular formula is C8H11N5O4. The van der Waals surface area contributed by atoms with Gasteiger partial charge in [-0.2, -0.15) is 0 Å². The Morgan fingerprint density at radius 3 is 3.06 bits per heavy atom. The number of imidazole rings is 1. The van der Waals surface area contributed by atoms with E-state index in [1.54, 1.807) is 6.92 Å². The lowest BCUT2D eigenvalue weighted by atomic mass is 10.6. The van der Waals surface area contributed by atoms with E-state index < -0.39 is 10.8 Å². The zero-order valence-corrected chi connectivity index (χ0v) is 9.28. The van der Waals surface area contributed by atoms with Crippen molar-refractivity contribution in [2.24, 2.45) is 12.1 Å². The van der Waals surface area contributed by atoms with Gasteiger partial charge in [-0.05, 0) is 11.8 Å². The van der Waals surface area contributed by atoms with E-state index >= 15 is 0 Å². The fourth-order valence-corrected chi connectivity index (χ4v) is 1.03. The number of hydrazone groups is 1. The summed E-state index contributed by atoms with van der Waals surface area (Å²) in [6.07, 6.45) is 2.07. The number of nitro groups is 1. The molecule has 9 nitrogen and oxygen atoms in total. The highest BCUT2D eigenvalue weighted by atomic mass is 16.6. The van der Waals surface area contributed by atoms with E-state index in [0.29, 0.717) is 6.61 Å². The van der Waals surface area contributed by atoms with Gasteiger partial charge in [-0.1, -0.05) is 0 Å². The molecule has 1 aromatic heterocycles. The molecular weight excluding hydrogens is 230 g/mol. The van der Waals surface area contributed by atoms with Gasteiger partial charge in [-0.25, -0.2) is 15.0 Å². The Labute approximate surface area is 96.2 Å². The van der Waals surface area contributed by atoms with Crippen LogP contribution in [0.25, 0.3) is 0 Å². The highest BCUT2D eigenvalue weighted by Crippen LogP contribution is 2.11. The Hall–Kier alpha value is -2.45. The van der Waals surface area contributed by atoms with Crippen LogP contribution in [0.2, 0.25) is 0 Å². The van der Waals surface area contributed by atoms with Crippen LogP contribution in [0.5, 0.6) is 0 Å². The SMILES string of the molecule is CCO/C=N/NC(=O)c1ncc([N+](=O)[O-])n1C. The summed E-state index contributed by atoms with van der Waals surface area (Å²) in [5.41, 5.74) is 2.13. The predicted octanol–water partition coefficient (Wildman–Crippen LogP) is 0.0379. The molecule has 0 aliphatic rings. The van der Waals surface area contributed by atoms with Crippen molar-refractivity contribution < 1.29 is 14.5 Å². The molecule has 1 N–H and O–H groups in total. The summed E-state index contributed by atoms with van der Waals surface area (Å²) in [6.45, 7) is 2.18. The van der Waals surface area contributed by atoms with Crippen LogP contribution in [0.1, 0.15) is 17.5 Å². The smallest absolute Gasteiger partial charge is 0.343 e. The second kappa shape index (κ2) is 5.58. The number of nitrogens with one attached hydrogen (secondary N) is 1. The number of hydrogen-bond donors (Lipinski definition) is 1. The molecule has 0 saturated carbocycles. The van der Waals surface area contributed by atoms with Gasteiger partial charge in [0.2, 0.25) is 0 Å². The molecule has 0 aromatic carbocycles. The Kier molecular flexibility index (Phi) is 4.14. The zero-order chi connectivity index (χ0) is 12.8. The third kappa shape index (κ3) is 3.00. The minimum atomic E-state index is -0.656. The summed E-state index contributed by atoms with van der Waals surface area (Å²) in [5, 5.41) is 14.0. The van der Waals surface area contributed by atoms with Gasteiger partial charge in [0.15, 0.2) is 6.40 Å². The van der Waals surface area contributed by atoms with Crippen molar-refractivity contribution in [2.45, 2.75) is 6.92 Å². The van der Waals surface area contributed by atoms with Crippen LogP contribution in [0, 0.1) is 10.1 Å². The van der Waals surface area contributed by atoms with Gasteiger partial charge in [0.1, 0.15) is 6.20 Å². The molecule has 1 aromatic rings. The van der Waals surface area contributed by atoms with Crippen molar-refractivity contribution >= 4 is 18.1 Å². The molecule has 0 radical (unpaired) electrons. The second-order valence-corrected chi connectivity index (χ2v) is 2.89. The Balaban J connectivity index is 2.73. The second-order valence-electron chi connectivity index (χ2n) is 2.89. The fourth-order valence-electron chi connectivity index (χ4n) is 1.03. The van der Waals surface area contributed by atoms with Gasteiger partial charge < -0.3 is 14.9 Å².